The predicted octanol–water partition coefficient (Wildman–Crippen LogP) is 2.90. The first-order valence-corrected chi connectivity index (χ1v) is 9.52. The fourth-order valence-electron chi connectivity index (χ4n) is 3.14. The fourth-order valence-corrected chi connectivity index (χ4v) is 3.14. The molecule has 0 bridgehead atoms. The molecule has 0 radical (unpaired) electrons. The zero-order valence-corrected chi connectivity index (χ0v) is 15.8. The lowest BCUT2D eigenvalue weighted by Gasteiger charge is -2.26. The minimum Gasteiger partial charge on any atom is -0.339 e. The topological polar surface area (TPSA) is 69.7 Å². The van der Waals surface area contributed by atoms with Crippen molar-refractivity contribution in [3.8, 4) is 0 Å². The van der Waals surface area contributed by atoms with Crippen molar-refractivity contribution in [1.29, 1.82) is 0 Å². The molecule has 0 aromatic heterocycles. The van der Waals surface area contributed by atoms with E-state index in [1.807, 2.05) is 4.90 Å². The van der Waals surface area contributed by atoms with Crippen molar-refractivity contribution in [2.45, 2.75) is 46.0 Å². The van der Waals surface area contributed by atoms with Crippen LogP contribution < -0.4 is 5.32 Å². The van der Waals surface area contributed by atoms with Crippen LogP contribution >= 0.6 is 0 Å². The monoisotopic (exact) mass is 359 g/mol. The third kappa shape index (κ3) is 5.58. The second kappa shape index (κ2) is 9.94. The van der Waals surface area contributed by atoms with Crippen LogP contribution in [-0.2, 0) is 9.59 Å². The number of anilines is 1. The van der Waals surface area contributed by atoms with Crippen molar-refractivity contribution >= 4 is 23.4 Å². The molecule has 0 atom stereocenters. The average molecular weight is 359 g/mol. The van der Waals surface area contributed by atoms with Crippen molar-refractivity contribution in [3.63, 3.8) is 0 Å². The number of rotatable bonds is 8. The Bertz CT molecular complexity index is 622. The van der Waals surface area contributed by atoms with Crippen LogP contribution in [-0.4, -0.2) is 53.7 Å². The van der Waals surface area contributed by atoms with E-state index >= 15 is 0 Å². The molecule has 6 nitrogen and oxygen atoms in total. The molecular formula is C20H29N3O3. The molecule has 1 aromatic carbocycles. The first kappa shape index (κ1) is 19.9. The summed E-state index contributed by atoms with van der Waals surface area (Å²) < 4.78 is 0. The van der Waals surface area contributed by atoms with Gasteiger partial charge in [0, 0.05) is 37.3 Å². The molecule has 1 saturated heterocycles. The van der Waals surface area contributed by atoms with Crippen molar-refractivity contribution in [1.82, 2.24) is 9.80 Å². The normalized spacial score (nSPS) is 14.2. The van der Waals surface area contributed by atoms with E-state index in [9.17, 15) is 14.4 Å². The van der Waals surface area contributed by atoms with Gasteiger partial charge in [-0.1, -0.05) is 13.8 Å². The summed E-state index contributed by atoms with van der Waals surface area (Å²) in [6, 6.07) is 6.95. The number of likely N-dealkylation sites (tertiary alicyclic amines) is 1. The summed E-state index contributed by atoms with van der Waals surface area (Å²) in [5, 5.41) is 2.80. The lowest BCUT2D eigenvalue weighted by Crippen LogP contribution is -2.40. The molecule has 0 spiro atoms. The largest absolute Gasteiger partial charge is 0.339 e. The number of nitrogens with zero attached hydrogens (tertiary/aromatic N) is 2. The lowest BCUT2D eigenvalue weighted by atomic mass is 10.1. The summed E-state index contributed by atoms with van der Waals surface area (Å²) in [6.45, 7) is 6.33. The fraction of sp³-hybridized carbons (Fsp3) is 0.550. The summed E-state index contributed by atoms with van der Waals surface area (Å²) in [4.78, 5) is 39.9. The van der Waals surface area contributed by atoms with Crippen LogP contribution in [0.3, 0.4) is 0 Å². The van der Waals surface area contributed by atoms with Crippen LogP contribution in [0.15, 0.2) is 24.3 Å². The van der Waals surface area contributed by atoms with E-state index in [4.69, 9.17) is 0 Å². The average Bonchev–Trinajstić information content (AvgIpc) is 2.63. The Morgan fingerprint density at radius 1 is 1.08 bits per heavy atom. The zero-order valence-electron chi connectivity index (χ0n) is 15.8. The summed E-state index contributed by atoms with van der Waals surface area (Å²) >= 11 is 0. The first-order valence-electron chi connectivity index (χ1n) is 9.52. The Morgan fingerprint density at radius 2 is 1.73 bits per heavy atom. The maximum absolute atomic E-state index is 12.6. The van der Waals surface area contributed by atoms with Gasteiger partial charge in [-0.25, -0.2) is 0 Å². The van der Waals surface area contributed by atoms with Crippen LogP contribution in [0.1, 0.15) is 56.3 Å². The second-order valence-electron chi connectivity index (χ2n) is 6.69. The highest BCUT2D eigenvalue weighted by molar-refractivity contribution is 5.97. The van der Waals surface area contributed by atoms with E-state index in [1.54, 1.807) is 29.2 Å². The van der Waals surface area contributed by atoms with E-state index in [1.165, 1.54) is 0 Å². The van der Waals surface area contributed by atoms with E-state index in [0.29, 0.717) is 24.2 Å². The molecule has 142 valence electrons. The number of benzene rings is 1. The Balaban J connectivity index is 1.92. The van der Waals surface area contributed by atoms with Gasteiger partial charge in [0.15, 0.2) is 0 Å². The molecule has 1 fully saturated rings. The van der Waals surface area contributed by atoms with Gasteiger partial charge in [0.05, 0.1) is 6.54 Å². The van der Waals surface area contributed by atoms with Crippen molar-refractivity contribution in [3.05, 3.63) is 29.8 Å². The molecule has 0 saturated carbocycles. The molecule has 1 heterocycles. The number of nitrogens with one attached hydrogen (secondary N) is 1. The predicted molar refractivity (Wildman–Crippen MR) is 102 cm³/mol. The van der Waals surface area contributed by atoms with E-state index < -0.39 is 0 Å². The van der Waals surface area contributed by atoms with Crippen LogP contribution in [0.5, 0.6) is 0 Å². The maximum atomic E-state index is 12.6. The van der Waals surface area contributed by atoms with Crippen LogP contribution in [0, 0.1) is 0 Å². The highest BCUT2D eigenvalue weighted by Crippen LogP contribution is 2.14. The van der Waals surface area contributed by atoms with E-state index in [0.717, 1.165) is 38.8 Å². The minimum atomic E-state index is -0.210. The van der Waals surface area contributed by atoms with Gasteiger partial charge in [0.25, 0.3) is 5.91 Å². The lowest BCUT2D eigenvalue weighted by molar-refractivity contribution is -0.136. The van der Waals surface area contributed by atoms with Gasteiger partial charge in [-0.05, 0) is 49.9 Å². The van der Waals surface area contributed by atoms with Gasteiger partial charge in [-0.15, -0.1) is 0 Å². The quantitative estimate of drug-likeness (QED) is 0.776. The number of hydrogen-bond donors (Lipinski definition) is 1. The molecule has 0 aliphatic carbocycles. The van der Waals surface area contributed by atoms with Crippen molar-refractivity contribution in [2.75, 3.05) is 31.5 Å². The third-order valence-electron chi connectivity index (χ3n) is 4.45. The van der Waals surface area contributed by atoms with Gasteiger partial charge in [-0.3, -0.25) is 14.4 Å². The van der Waals surface area contributed by atoms with Gasteiger partial charge >= 0.3 is 0 Å². The van der Waals surface area contributed by atoms with E-state index in [-0.39, 0.29) is 24.3 Å². The Kier molecular flexibility index (Phi) is 7.63. The first-order chi connectivity index (χ1) is 12.5. The molecule has 1 aliphatic heterocycles. The standard InChI is InChI=1S/C20H29N3O3/c1-3-12-22(13-4-2)20(26)16-8-10-17(11-9-16)21-18(24)15-23-14-6-5-7-19(23)25/h8-11H,3-7,12-15H2,1-2H3,(H,21,24). The summed E-state index contributed by atoms with van der Waals surface area (Å²) in [7, 11) is 0. The second-order valence-corrected chi connectivity index (χ2v) is 6.69. The summed E-state index contributed by atoms with van der Waals surface area (Å²) in [5.41, 5.74) is 1.25. The third-order valence-corrected chi connectivity index (χ3v) is 4.45. The number of carbonyl (C=O) groups excluding carboxylic acids is 3. The molecule has 1 aliphatic rings. The molecule has 0 unspecified atom stereocenters. The number of amides is 3. The smallest absolute Gasteiger partial charge is 0.253 e. The Labute approximate surface area is 155 Å². The van der Waals surface area contributed by atoms with Gasteiger partial charge in [-0.2, -0.15) is 0 Å². The molecule has 3 amide bonds. The number of carbonyl (C=O) groups is 3. The highest BCUT2D eigenvalue weighted by Gasteiger charge is 2.20. The van der Waals surface area contributed by atoms with Crippen LogP contribution in [0.2, 0.25) is 0 Å². The Hall–Kier alpha value is -2.37. The molecule has 2 rings (SSSR count). The zero-order chi connectivity index (χ0) is 18.9. The van der Waals surface area contributed by atoms with E-state index in [2.05, 4.69) is 19.2 Å². The summed E-state index contributed by atoms with van der Waals surface area (Å²) in [6.07, 6.45) is 4.22. The van der Waals surface area contributed by atoms with Gasteiger partial charge in [0.2, 0.25) is 11.8 Å². The van der Waals surface area contributed by atoms with Crippen molar-refractivity contribution in [2.24, 2.45) is 0 Å². The van der Waals surface area contributed by atoms with Crippen molar-refractivity contribution < 1.29 is 14.4 Å². The Morgan fingerprint density at radius 3 is 2.31 bits per heavy atom. The SMILES string of the molecule is CCCN(CCC)C(=O)c1ccc(NC(=O)CN2CCCCC2=O)cc1. The number of hydrogen-bond acceptors (Lipinski definition) is 3. The molecule has 6 heteroatoms. The van der Waals surface area contributed by atoms with Gasteiger partial charge in [0.1, 0.15) is 0 Å². The highest BCUT2D eigenvalue weighted by atomic mass is 16.2. The number of piperidine rings is 1. The van der Waals surface area contributed by atoms with Gasteiger partial charge < -0.3 is 15.1 Å². The molecule has 1 N–H and O–H groups in total. The molecule has 26 heavy (non-hydrogen) atoms. The van der Waals surface area contributed by atoms with Crippen LogP contribution in [0.4, 0.5) is 5.69 Å². The summed E-state index contributed by atoms with van der Waals surface area (Å²) in [5.74, 6) is -0.150. The minimum absolute atomic E-state index is 0.0190. The molecule has 1 aromatic rings. The molecular weight excluding hydrogens is 330 g/mol. The maximum Gasteiger partial charge on any atom is 0.253 e. The van der Waals surface area contributed by atoms with Crippen LogP contribution in [0.25, 0.3) is 0 Å².